The van der Waals surface area contributed by atoms with Gasteiger partial charge in [-0.25, -0.2) is 4.57 Å². The largest absolute Gasteiger partial charge is 0.472 e. The lowest BCUT2D eigenvalue weighted by Crippen LogP contribution is -2.45. The average molecular weight is 874 g/mol. The van der Waals surface area contributed by atoms with Crippen LogP contribution >= 0.6 is 7.82 Å². The van der Waals surface area contributed by atoms with Crippen molar-refractivity contribution in [1.29, 1.82) is 0 Å². The van der Waals surface area contributed by atoms with E-state index in [0.29, 0.717) is 17.4 Å². The smallest absolute Gasteiger partial charge is 0.387 e. The van der Waals surface area contributed by atoms with Crippen molar-refractivity contribution in [2.24, 2.45) is 0 Å². The Hall–Kier alpha value is -2.32. The highest BCUT2D eigenvalue weighted by molar-refractivity contribution is 7.47. The minimum atomic E-state index is -4.34. The van der Waals surface area contributed by atoms with Crippen LogP contribution in [0.25, 0.3) is 0 Å². The second kappa shape index (κ2) is 43.0. The minimum absolute atomic E-state index is 0.0528. The van der Waals surface area contributed by atoms with Gasteiger partial charge in [0.05, 0.1) is 39.9 Å². The van der Waals surface area contributed by atoms with Gasteiger partial charge in [-0.1, -0.05) is 195 Å². The molecule has 0 aromatic carbocycles. The second-order valence-electron chi connectivity index (χ2n) is 17.4. The van der Waals surface area contributed by atoms with Gasteiger partial charge in [-0.05, 0) is 70.6 Å². The molecule has 1 amide bonds. The molecule has 0 saturated carbocycles. The lowest BCUT2D eigenvalue weighted by molar-refractivity contribution is -0.870. The van der Waals surface area contributed by atoms with E-state index < -0.39 is 20.0 Å². The van der Waals surface area contributed by atoms with Crippen molar-refractivity contribution < 1.29 is 32.9 Å². The second-order valence-corrected chi connectivity index (χ2v) is 18.9. The summed E-state index contributed by atoms with van der Waals surface area (Å²) in [5.74, 6) is -0.194. The van der Waals surface area contributed by atoms with Crippen molar-refractivity contribution >= 4 is 13.7 Å². The number of carbonyl (C=O) groups is 1. The summed E-state index contributed by atoms with van der Waals surface area (Å²) in [6, 6.07) is -0.864. The number of unbranched alkanes of at least 4 members (excludes halogenated alkanes) is 18. The number of phosphoric ester groups is 1. The third-order valence-electron chi connectivity index (χ3n) is 10.3. The number of likely N-dealkylation sites (N-methyl/N-ethyl adjacent to an activating group) is 1. The SMILES string of the molecule is CC/C=C\C/C=C\C/C=C\C/C=C\C/C=C\CCCCCCCCCCCCCCCCCC(=O)NC(COP(=O)(O)OCC[N+](C)(C)C)C(O)/C=C/CC/C=C/CCCC. The maximum Gasteiger partial charge on any atom is 0.472 e. The molecule has 0 heterocycles. The normalized spacial score (nSPS) is 14.9. The summed E-state index contributed by atoms with van der Waals surface area (Å²) in [7, 11) is 1.54. The number of amides is 1. The number of aliphatic hydroxyl groups excluding tert-OH is 1. The van der Waals surface area contributed by atoms with Gasteiger partial charge in [-0.15, -0.1) is 0 Å². The van der Waals surface area contributed by atoms with E-state index in [0.717, 1.165) is 70.6 Å². The van der Waals surface area contributed by atoms with Gasteiger partial charge in [0.25, 0.3) is 0 Å². The highest BCUT2D eigenvalue weighted by Gasteiger charge is 2.27. The zero-order valence-electron chi connectivity index (χ0n) is 39.9. The van der Waals surface area contributed by atoms with E-state index in [4.69, 9.17) is 9.05 Å². The molecule has 0 aromatic heterocycles. The van der Waals surface area contributed by atoms with Crippen molar-refractivity contribution in [2.45, 2.75) is 199 Å². The van der Waals surface area contributed by atoms with Crippen LogP contribution in [0.5, 0.6) is 0 Å². The molecule has 0 saturated heterocycles. The first-order valence-corrected chi connectivity index (χ1v) is 26.0. The van der Waals surface area contributed by atoms with Crippen molar-refractivity contribution in [1.82, 2.24) is 5.32 Å². The summed E-state index contributed by atoms with van der Waals surface area (Å²) < 4.78 is 23.5. The van der Waals surface area contributed by atoms with Crippen LogP contribution in [0.1, 0.15) is 187 Å². The summed E-state index contributed by atoms with van der Waals surface area (Å²) in [6.45, 7) is 4.59. The molecule has 0 rings (SSSR count). The molecule has 352 valence electrons. The molecule has 0 spiro atoms. The number of rotatable bonds is 43. The molecule has 0 radical (unpaired) electrons. The zero-order chi connectivity index (χ0) is 45.0. The fraction of sp³-hybridized carbons (Fsp3) is 0.712. The topological polar surface area (TPSA) is 105 Å². The molecule has 0 fully saturated rings. The molecule has 0 bridgehead atoms. The first-order valence-electron chi connectivity index (χ1n) is 24.5. The molecule has 3 atom stereocenters. The van der Waals surface area contributed by atoms with Crippen molar-refractivity contribution in [3.05, 3.63) is 85.1 Å². The highest BCUT2D eigenvalue weighted by Crippen LogP contribution is 2.43. The van der Waals surface area contributed by atoms with Gasteiger partial charge >= 0.3 is 7.82 Å². The number of aliphatic hydroxyl groups is 1. The van der Waals surface area contributed by atoms with Crippen LogP contribution in [0.2, 0.25) is 0 Å². The Labute approximate surface area is 376 Å². The Morgan fingerprint density at radius 2 is 1.00 bits per heavy atom. The van der Waals surface area contributed by atoms with E-state index in [9.17, 15) is 19.4 Å². The molecule has 3 unspecified atom stereocenters. The Kier molecular flexibility index (Phi) is 41.3. The van der Waals surface area contributed by atoms with Gasteiger partial charge in [0.2, 0.25) is 5.91 Å². The summed E-state index contributed by atoms with van der Waals surface area (Å²) in [5.41, 5.74) is 0. The highest BCUT2D eigenvalue weighted by atomic mass is 31.2. The van der Waals surface area contributed by atoms with Gasteiger partial charge < -0.3 is 19.8 Å². The summed E-state index contributed by atoms with van der Waals surface area (Å²) >= 11 is 0. The van der Waals surface area contributed by atoms with E-state index >= 15 is 0 Å². The van der Waals surface area contributed by atoms with Gasteiger partial charge in [0.1, 0.15) is 13.2 Å². The number of hydrogen-bond acceptors (Lipinski definition) is 5. The van der Waals surface area contributed by atoms with Crippen molar-refractivity contribution in [3.8, 4) is 0 Å². The van der Waals surface area contributed by atoms with E-state index in [1.54, 1.807) is 6.08 Å². The molecular formula is C52H94N2O6P+. The lowest BCUT2D eigenvalue weighted by Gasteiger charge is -2.25. The van der Waals surface area contributed by atoms with Gasteiger partial charge in [0, 0.05) is 6.42 Å². The lowest BCUT2D eigenvalue weighted by atomic mass is 10.0. The molecule has 8 nitrogen and oxygen atoms in total. The predicted molar refractivity (Wildman–Crippen MR) is 263 cm³/mol. The third-order valence-corrected chi connectivity index (χ3v) is 11.3. The zero-order valence-corrected chi connectivity index (χ0v) is 40.8. The maximum atomic E-state index is 12.8. The molecular weight excluding hydrogens is 780 g/mol. The Balaban J connectivity index is 4.03. The Morgan fingerprint density at radius 1 is 0.574 bits per heavy atom. The maximum absolute atomic E-state index is 12.8. The number of phosphoric acid groups is 1. The molecule has 0 aliphatic rings. The van der Waals surface area contributed by atoms with Gasteiger partial charge in [0.15, 0.2) is 0 Å². The molecule has 0 aromatic rings. The number of nitrogens with one attached hydrogen (secondary N) is 1. The first-order chi connectivity index (χ1) is 29.5. The minimum Gasteiger partial charge on any atom is -0.387 e. The van der Waals surface area contributed by atoms with Crippen LogP contribution < -0.4 is 5.32 Å². The quantitative estimate of drug-likeness (QED) is 0.0244. The molecule has 61 heavy (non-hydrogen) atoms. The molecule has 0 aliphatic carbocycles. The number of carbonyl (C=O) groups excluding carboxylic acids is 1. The number of quaternary nitrogens is 1. The predicted octanol–water partition coefficient (Wildman–Crippen LogP) is 14.1. The van der Waals surface area contributed by atoms with Crippen molar-refractivity contribution in [2.75, 3.05) is 40.9 Å². The van der Waals surface area contributed by atoms with Crippen LogP contribution in [-0.4, -0.2) is 73.4 Å². The van der Waals surface area contributed by atoms with E-state index in [-0.39, 0.29) is 19.1 Å². The summed E-state index contributed by atoms with van der Waals surface area (Å²) in [6.07, 6.45) is 59.8. The van der Waals surface area contributed by atoms with E-state index in [1.165, 1.54) is 96.3 Å². The van der Waals surface area contributed by atoms with Crippen LogP contribution in [-0.2, 0) is 18.4 Å². The van der Waals surface area contributed by atoms with E-state index in [1.807, 2.05) is 27.2 Å². The molecule has 3 N–H and O–H groups in total. The number of hydrogen-bond donors (Lipinski definition) is 3. The monoisotopic (exact) mass is 874 g/mol. The number of nitrogens with zero attached hydrogens (tertiary/aromatic N) is 1. The molecule has 9 heteroatoms. The standard InChI is InChI=1S/C52H93N2O6P/c1-6-8-10-12-14-16-17-18-19-20-21-22-23-24-25-26-27-28-29-30-31-32-33-34-35-36-37-38-40-42-44-46-52(56)53-50(49-60-61(57,58)59-48-47-54(3,4)5)51(55)45-43-41-39-15-13-11-9-7-2/h8,10,13-16,18-19,21-22,24-25,43,45,50-51,55H,6-7,9,11-12,17,20,23,26-42,44,46-49H2,1-5H3,(H-,53,56,57,58)/p+1/b10-8-,15-13+,16-14-,19-18-,22-21-,25-24-,45-43+. The molecule has 0 aliphatic heterocycles. The third kappa shape index (κ3) is 45.5. The van der Waals surface area contributed by atoms with Crippen LogP contribution in [0.4, 0.5) is 0 Å². The Bertz CT molecular complexity index is 1260. The fourth-order valence-corrected chi connectivity index (χ4v) is 7.22. The number of allylic oxidation sites excluding steroid dienone is 13. The van der Waals surface area contributed by atoms with E-state index in [2.05, 4.69) is 92.1 Å². The van der Waals surface area contributed by atoms with Crippen LogP contribution in [0.15, 0.2) is 85.1 Å². The van der Waals surface area contributed by atoms with Crippen LogP contribution in [0, 0.1) is 0 Å². The summed E-state index contributed by atoms with van der Waals surface area (Å²) in [4.78, 5) is 23.1. The van der Waals surface area contributed by atoms with Gasteiger partial charge in [-0.3, -0.25) is 13.8 Å². The average Bonchev–Trinajstić information content (AvgIpc) is 3.21. The summed E-state index contributed by atoms with van der Waals surface area (Å²) in [5, 5.41) is 13.7. The first kappa shape index (κ1) is 58.7. The Morgan fingerprint density at radius 3 is 1.51 bits per heavy atom. The van der Waals surface area contributed by atoms with Crippen LogP contribution in [0.3, 0.4) is 0 Å². The van der Waals surface area contributed by atoms with Crippen molar-refractivity contribution in [3.63, 3.8) is 0 Å². The van der Waals surface area contributed by atoms with Gasteiger partial charge in [-0.2, -0.15) is 0 Å². The fourth-order valence-electron chi connectivity index (χ4n) is 6.48.